The summed E-state index contributed by atoms with van der Waals surface area (Å²) in [5, 5.41) is 0. The molecule has 1 heterocycles. The van der Waals surface area contributed by atoms with E-state index in [1.54, 1.807) is 13.1 Å². The molecule has 58 valence electrons. The maximum absolute atomic E-state index is 9.89. The summed E-state index contributed by atoms with van der Waals surface area (Å²) in [6.45, 7) is 1.80. The zero-order valence-corrected chi connectivity index (χ0v) is 6.48. The lowest BCUT2D eigenvalue weighted by molar-refractivity contribution is 0.556. The van der Waals surface area contributed by atoms with Crippen LogP contribution in [0.4, 0.5) is 0 Å². The number of rotatable bonds is 2. The van der Waals surface area contributed by atoms with Gasteiger partial charge in [-0.2, -0.15) is 4.99 Å². The van der Waals surface area contributed by atoms with E-state index in [1.807, 2.05) is 17.8 Å². The Balaban J connectivity index is 2.92. The second kappa shape index (κ2) is 3.12. The van der Waals surface area contributed by atoms with Gasteiger partial charge in [-0.05, 0) is 6.92 Å². The van der Waals surface area contributed by atoms with Crippen molar-refractivity contribution in [1.82, 2.24) is 9.55 Å². The lowest BCUT2D eigenvalue weighted by atomic mass is 10.3. The van der Waals surface area contributed by atoms with E-state index < -0.39 is 0 Å². The minimum atomic E-state index is -0.201. The molecule has 0 aliphatic carbocycles. The molecule has 11 heavy (non-hydrogen) atoms. The van der Waals surface area contributed by atoms with Crippen LogP contribution in [0, 0.1) is 0 Å². The second-order valence-electron chi connectivity index (χ2n) is 2.29. The summed E-state index contributed by atoms with van der Waals surface area (Å²) in [6.07, 6.45) is 4.99. The van der Waals surface area contributed by atoms with Gasteiger partial charge in [-0.3, -0.25) is 0 Å². The van der Waals surface area contributed by atoms with E-state index in [9.17, 15) is 4.79 Å². The van der Waals surface area contributed by atoms with E-state index >= 15 is 0 Å². The van der Waals surface area contributed by atoms with Gasteiger partial charge in [0, 0.05) is 19.4 Å². The fourth-order valence-corrected chi connectivity index (χ4v) is 0.916. The van der Waals surface area contributed by atoms with Gasteiger partial charge >= 0.3 is 0 Å². The van der Waals surface area contributed by atoms with Crippen molar-refractivity contribution in [1.29, 1.82) is 0 Å². The largest absolute Gasteiger partial charge is 0.336 e. The molecule has 1 unspecified atom stereocenters. The van der Waals surface area contributed by atoms with Crippen molar-refractivity contribution >= 4 is 6.08 Å². The van der Waals surface area contributed by atoms with Crippen LogP contribution in [0.25, 0.3) is 0 Å². The van der Waals surface area contributed by atoms with E-state index in [0.29, 0.717) is 0 Å². The summed E-state index contributed by atoms with van der Waals surface area (Å²) in [6, 6.07) is -0.201. The molecule has 0 fully saturated rings. The fraction of sp³-hybridized carbons (Fsp3) is 0.429. The van der Waals surface area contributed by atoms with Crippen LogP contribution in [-0.4, -0.2) is 15.6 Å². The Morgan fingerprint density at radius 3 is 3.00 bits per heavy atom. The predicted octanol–water partition coefficient (Wildman–Crippen LogP) is 0.817. The Morgan fingerprint density at radius 1 is 1.82 bits per heavy atom. The molecule has 0 spiro atoms. The number of nitrogens with zero attached hydrogens (tertiary/aromatic N) is 3. The van der Waals surface area contributed by atoms with Crippen LogP contribution in [0.15, 0.2) is 17.4 Å². The third-order valence-corrected chi connectivity index (χ3v) is 1.48. The monoisotopic (exact) mass is 151 g/mol. The number of isocyanates is 1. The molecular weight excluding hydrogens is 142 g/mol. The molecule has 4 heteroatoms. The Kier molecular flexibility index (Phi) is 2.18. The van der Waals surface area contributed by atoms with Gasteiger partial charge in [-0.1, -0.05) is 0 Å². The minimum Gasteiger partial charge on any atom is -0.336 e. The fourth-order valence-electron chi connectivity index (χ4n) is 0.916. The lowest BCUT2D eigenvalue weighted by Crippen LogP contribution is -1.99. The average Bonchev–Trinajstić information content (AvgIpc) is 2.36. The molecule has 4 nitrogen and oxygen atoms in total. The van der Waals surface area contributed by atoms with Crippen molar-refractivity contribution < 1.29 is 4.79 Å². The van der Waals surface area contributed by atoms with Crippen molar-refractivity contribution in [2.75, 3.05) is 0 Å². The molecule has 0 saturated heterocycles. The molecule has 1 atom stereocenters. The van der Waals surface area contributed by atoms with Gasteiger partial charge in [0.2, 0.25) is 6.08 Å². The SMILES string of the molecule is CC(N=C=O)c1nccn1C. The quantitative estimate of drug-likeness (QED) is 0.464. The Morgan fingerprint density at radius 2 is 2.55 bits per heavy atom. The number of aromatic nitrogens is 2. The van der Waals surface area contributed by atoms with E-state index in [2.05, 4.69) is 9.98 Å². The lowest BCUT2D eigenvalue weighted by Gasteiger charge is -2.02. The third kappa shape index (κ3) is 1.53. The first kappa shape index (κ1) is 7.69. The number of hydrogen-bond donors (Lipinski definition) is 0. The van der Waals surface area contributed by atoms with Gasteiger partial charge in [0.1, 0.15) is 11.9 Å². The van der Waals surface area contributed by atoms with Gasteiger partial charge < -0.3 is 4.57 Å². The molecule has 0 radical (unpaired) electrons. The predicted molar refractivity (Wildman–Crippen MR) is 39.7 cm³/mol. The zero-order chi connectivity index (χ0) is 8.27. The topological polar surface area (TPSA) is 47.2 Å². The van der Waals surface area contributed by atoms with E-state index in [0.717, 1.165) is 5.82 Å². The summed E-state index contributed by atoms with van der Waals surface area (Å²) in [7, 11) is 1.86. The maximum Gasteiger partial charge on any atom is 0.235 e. The smallest absolute Gasteiger partial charge is 0.235 e. The molecule has 0 aromatic carbocycles. The van der Waals surface area contributed by atoms with Crippen molar-refractivity contribution in [2.45, 2.75) is 13.0 Å². The van der Waals surface area contributed by atoms with E-state index in [-0.39, 0.29) is 6.04 Å². The zero-order valence-electron chi connectivity index (χ0n) is 6.48. The van der Waals surface area contributed by atoms with Gasteiger partial charge in [0.15, 0.2) is 0 Å². The maximum atomic E-state index is 9.89. The normalized spacial score (nSPS) is 12.2. The summed E-state index contributed by atoms with van der Waals surface area (Å²) >= 11 is 0. The van der Waals surface area contributed by atoms with Crippen LogP contribution in [0.2, 0.25) is 0 Å². The summed E-state index contributed by atoms with van der Waals surface area (Å²) in [5.41, 5.74) is 0. The first-order chi connectivity index (χ1) is 5.25. The molecule has 0 aliphatic heterocycles. The minimum absolute atomic E-state index is 0.201. The van der Waals surface area contributed by atoms with Crippen LogP contribution < -0.4 is 0 Å². The summed E-state index contributed by atoms with van der Waals surface area (Å²) < 4.78 is 1.82. The number of hydrogen-bond acceptors (Lipinski definition) is 3. The molecule has 0 saturated carbocycles. The third-order valence-electron chi connectivity index (χ3n) is 1.48. The second-order valence-corrected chi connectivity index (χ2v) is 2.29. The van der Waals surface area contributed by atoms with Crippen LogP contribution in [0.3, 0.4) is 0 Å². The van der Waals surface area contributed by atoms with Crippen molar-refractivity contribution in [3.63, 3.8) is 0 Å². The Bertz CT molecular complexity index is 286. The van der Waals surface area contributed by atoms with Gasteiger partial charge in [0.25, 0.3) is 0 Å². The van der Waals surface area contributed by atoms with Crippen LogP contribution >= 0.6 is 0 Å². The standard InChI is InChI=1S/C7H9N3O/c1-6(9-5-11)7-8-3-4-10(7)2/h3-4,6H,1-2H3. The van der Waals surface area contributed by atoms with Crippen molar-refractivity contribution in [2.24, 2.45) is 12.0 Å². The Hall–Kier alpha value is -1.41. The summed E-state index contributed by atoms with van der Waals surface area (Å²) in [4.78, 5) is 17.5. The number of carbonyl (C=O) groups excluding carboxylic acids is 1. The van der Waals surface area contributed by atoms with Crippen molar-refractivity contribution in [3.05, 3.63) is 18.2 Å². The summed E-state index contributed by atoms with van der Waals surface area (Å²) in [5.74, 6) is 0.772. The molecule has 1 aromatic rings. The molecule has 0 amide bonds. The van der Waals surface area contributed by atoms with Crippen LogP contribution in [0.1, 0.15) is 18.8 Å². The highest BCUT2D eigenvalue weighted by molar-refractivity contribution is 5.34. The van der Waals surface area contributed by atoms with Gasteiger partial charge in [0.05, 0.1) is 0 Å². The van der Waals surface area contributed by atoms with Crippen LogP contribution in [0.5, 0.6) is 0 Å². The molecule has 1 aromatic heterocycles. The first-order valence-electron chi connectivity index (χ1n) is 3.30. The Labute approximate surface area is 64.6 Å². The van der Waals surface area contributed by atoms with E-state index in [1.165, 1.54) is 6.08 Å². The highest BCUT2D eigenvalue weighted by Crippen LogP contribution is 2.11. The number of aryl methyl sites for hydroxylation is 1. The van der Waals surface area contributed by atoms with Gasteiger partial charge in [-0.15, -0.1) is 0 Å². The van der Waals surface area contributed by atoms with Crippen LogP contribution in [-0.2, 0) is 11.8 Å². The highest BCUT2D eigenvalue weighted by Gasteiger charge is 2.06. The molecule has 0 bridgehead atoms. The first-order valence-corrected chi connectivity index (χ1v) is 3.30. The average molecular weight is 151 g/mol. The van der Waals surface area contributed by atoms with Gasteiger partial charge in [-0.25, -0.2) is 9.78 Å². The molecule has 0 aliphatic rings. The van der Waals surface area contributed by atoms with E-state index in [4.69, 9.17) is 0 Å². The highest BCUT2D eigenvalue weighted by atomic mass is 16.1. The number of aliphatic imine (C=N–C) groups is 1. The number of imidazole rings is 1. The van der Waals surface area contributed by atoms with Crippen molar-refractivity contribution in [3.8, 4) is 0 Å². The molecular formula is C7H9N3O. The molecule has 0 N–H and O–H groups in total. The molecule has 1 rings (SSSR count).